The quantitative estimate of drug-likeness (QED) is 0.325. The van der Waals surface area contributed by atoms with Gasteiger partial charge in [0, 0.05) is 0 Å². The summed E-state index contributed by atoms with van der Waals surface area (Å²) in [4.78, 5) is 2.36. The van der Waals surface area contributed by atoms with Gasteiger partial charge in [0.05, 0.1) is 6.04 Å². The van der Waals surface area contributed by atoms with Gasteiger partial charge in [-0.1, -0.05) is 31.3 Å². The van der Waals surface area contributed by atoms with Gasteiger partial charge in [0.2, 0.25) is 0 Å². The maximum absolute atomic E-state index is 8.73. The fourth-order valence-corrected chi connectivity index (χ4v) is 2.30. The van der Waals surface area contributed by atoms with Crippen molar-refractivity contribution in [2.75, 3.05) is 13.1 Å². The Labute approximate surface area is 92.1 Å². The smallest absolute Gasteiger partial charge is 0.156 e. The molecular formula is C11H23N3O. The Morgan fingerprint density at radius 2 is 1.80 bits per heavy atom. The van der Waals surface area contributed by atoms with Gasteiger partial charge in [0.15, 0.2) is 5.84 Å². The van der Waals surface area contributed by atoms with Crippen molar-refractivity contribution in [3.8, 4) is 0 Å². The maximum atomic E-state index is 8.73. The van der Waals surface area contributed by atoms with Crippen molar-refractivity contribution < 1.29 is 5.21 Å². The van der Waals surface area contributed by atoms with Gasteiger partial charge in [-0.3, -0.25) is 4.90 Å². The summed E-state index contributed by atoms with van der Waals surface area (Å²) in [5.41, 5.74) is 5.71. The summed E-state index contributed by atoms with van der Waals surface area (Å²) in [6.45, 7) is 4.24. The lowest BCUT2D eigenvalue weighted by Crippen LogP contribution is -2.45. The molecule has 1 unspecified atom stereocenters. The number of likely N-dealkylation sites (tertiary alicyclic amines) is 1. The number of hydrogen-bond donors (Lipinski definition) is 2. The standard InChI is InChI=1S/C11H23N3O/c1-2-10(11(12)13-15)14-8-6-4-3-5-7-9-14/h10,15H,2-9H2,1H3,(H2,12,13). The molecule has 1 aliphatic heterocycles. The molecule has 1 saturated heterocycles. The average molecular weight is 213 g/mol. The topological polar surface area (TPSA) is 61.9 Å². The third kappa shape index (κ3) is 3.70. The molecule has 0 spiro atoms. The van der Waals surface area contributed by atoms with E-state index in [-0.39, 0.29) is 6.04 Å². The molecule has 4 nitrogen and oxygen atoms in total. The van der Waals surface area contributed by atoms with E-state index in [1.165, 1.54) is 32.1 Å². The summed E-state index contributed by atoms with van der Waals surface area (Å²) in [5.74, 6) is 0.359. The second-order valence-electron chi connectivity index (χ2n) is 4.25. The Morgan fingerprint density at radius 3 is 2.27 bits per heavy atom. The van der Waals surface area contributed by atoms with E-state index in [0.29, 0.717) is 5.84 Å². The molecule has 0 saturated carbocycles. The van der Waals surface area contributed by atoms with Crippen LogP contribution in [-0.4, -0.2) is 35.1 Å². The first-order valence-corrected chi connectivity index (χ1v) is 6.01. The van der Waals surface area contributed by atoms with Crippen LogP contribution < -0.4 is 5.73 Å². The zero-order chi connectivity index (χ0) is 11.1. The normalized spacial score (nSPS) is 23.1. The Hall–Kier alpha value is -0.770. The van der Waals surface area contributed by atoms with Gasteiger partial charge in [0.25, 0.3) is 0 Å². The van der Waals surface area contributed by atoms with E-state index in [1.54, 1.807) is 0 Å². The van der Waals surface area contributed by atoms with Crippen LogP contribution in [0.4, 0.5) is 0 Å². The first-order valence-electron chi connectivity index (χ1n) is 6.01. The second kappa shape index (κ2) is 6.67. The molecule has 0 amide bonds. The lowest BCUT2D eigenvalue weighted by atomic mass is 10.1. The molecule has 3 N–H and O–H groups in total. The summed E-state index contributed by atoms with van der Waals surface area (Å²) >= 11 is 0. The van der Waals surface area contributed by atoms with Gasteiger partial charge in [-0.2, -0.15) is 0 Å². The van der Waals surface area contributed by atoms with Crippen LogP contribution in [0.1, 0.15) is 45.4 Å². The molecule has 1 aliphatic rings. The molecule has 88 valence electrons. The van der Waals surface area contributed by atoms with Crippen molar-refractivity contribution in [2.45, 2.75) is 51.5 Å². The van der Waals surface area contributed by atoms with Gasteiger partial charge in [-0.05, 0) is 32.4 Å². The zero-order valence-corrected chi connectivity index (χ0v) is 9.65. The monoisotopic (exact) mass is 213 g/mol. The Morgan fingerprint density at radius 1 is 1.27 bits per heavy atom. The van der Waals surface area contributed by atoms with Crippen molar-refractivity contribution in [1.29, 1.82) is 0 Å². The minimum atomic E-state index is 0.119. The van der Waals surface area contributed by atoms with Gasteiger partial charge < -0.3 is 10.9 Å². The highest BCUT2D eigenvalue weighted by molar-refractivity contribution is 5.85. The molecule has 1 fully saturated rings. The summed E-state index contributed by atoms with van der Waals surface area (Å²) in [6.07, 6.45) is 7.35. The number of oxime groups is 1. The van der Waals surface area contributed by atoms with E-state index in [2.05, 4.69) is 17.0 Å². The molecule has 1 heterocycles. The molecule has 0 radical (unpaired) electrons. The fourth-order valence-electron chi connectivity index (χ4n) is 2.30. The molecule has 0 aliphatic carbocycles. The Balaban J connectivity index is 2.55. The maximum Gasteiger partial charge on any atom is 0.156 e. The summed E-state index contributed by atoms with van der Waals surface area (Å²) in [7, 11) is 0. The molecule has 0 aromatic heterocycles. The average Bonchev–Trinajstić information content (AvgIpc) is 2.21. The lowest BCUT2D eigenvalue weighted by Gasteiger charge is -2.31. The number of nitrogens with two attached hydrogens (primary N) is 1. The first kappa shape index (κ1) is 12.3. The summed E-state index contributed by atoms with van der Waals surface area (Å²) in [6, 6.07) is 0.119. The van der Waals surface area contributed by atoms with E-state index in [0.717, 1.165) is 19.5 Å². The van der Waals surface area contributed by atoms with Crippen LogP contribution in [0.5, 0.6) is 0 Å². The van der Waals surface area contributed by atoms with Crippen molar-refractivity contribution in [3.63, 3.8) is 0 Å². The Kier molecular flexibility index (Phi) is 5.47. The molecule has 0 aromatic carbocycles. The SMILES string of the molecule is CCC(C(N)=NO)N1CCCCCCC1. The van der Waals surface area contributed by atoms with Crippen LogP contribution in [0.15, 0.2) is 5.16 Å². The summed E-state index contributed by atoms with van der Waals surface area (Å²) in [5, 5.41) is 11.9. The van der Waals surface area contributed by atoms with E-state index in [9.17, 15) is 0 Å². The van der Waals surface area contributed by atoms with Crippen LogP contribution in [0.3, 0.4) is 0 Å². The third-order valence-corrected chi connectivity index (χ3v) is 3.18. The van der Waals surface area contributed by atoms with Crippen LogP contribution >= 0.6 is 0 Å². The van der Waals surface area contributed by atoms with Gasteiger partial charge in [-0.15, -0.1) is 0 Å². The minimum Gasteiger partial charge on any atom is -0.409 e. The van der Waals surface area contributed by atoms with Crippen molar-refractivity contribution in [2.24, 2.45) is 10.9 Å². The number of rotatable bonds is 3. The number of hydrogen-bond acceptors (Lipinski definition) is 3. The second-order valence-corrected chi connectivity index (χ2v) is 4.25. The largest absolute Gasteiger partial charge is 0.409 e. The zero-order valence-electron chi connectivity index (χ0n) is 9.65. The summed E-state index contributed by atoms with van der Waals surface area (Å²) < 4.78 is 0. The first-order chi connectivity index (χ1) is 7.29. The van der Waals surface area contributed by atoms with E-state index in [1.807, 2.05) is 0 Å². The molecule has 15 heavy (non-hydrogen) atoms. The molecule has 1 atom stereocenters. The minimum absolute atomic E-state index is 0.119. The van der Waals surface area contributed by atoms with Crippen molar-refractivity contribution >= 4 is 5.84 Å². The van der Waals surface area contributed by atoms with Crippen LogP contribution in [0, 0.1) is 0 Å². The van der Waals surface area contributed by atoms with Crippen molar-refractivity contribution in [3.05, 3.63) is 0 Å². The highest BCUT2D eigenvalue weighted by Crippen LogP contribution is 2.14. The van der Waals surface area contributed by atoms with Crippen LogP contribution in [0.2, 0.25) is 0 Å². The molecular weight excluding hydrogens is 190 g/mol. The Bertz CT molecular complexity index is 198. The van der Waals surface area contributed by atoms with Crippen LogP contribution in [0.25, 0.3) is 0 Å². The molecule has 4 heteroatoms. The highest BCUT2D eigenvalue weighted by atomic mass is 16.4. The van der Waals surface area contributed by atoms with Gasteiger partial charge >= 0.3 is 0 Å². The number of amidine groups is 1. The van der Waals surface area contributed by atoms with E-state index in [4.69, 9.17) is 10.9 Å². The fraction of sp³-hybridized carbons (Fsp3) is 0.909. The van der Waals surface area contributed by atoms with Crippen LogP contribution in [-0.2, 0) is 0 Å². The molecule has 0 aromatic rings. The lowest BCUT2D eigenvalue weighted by molar-refractivity contribution is 0.209. The van der Waals surface area contributed by atoms with Crippen molar-refractivity contribution in [1.82, 2.24) is 4.90 Å². The predicted octanol–water partition coefficient (Wildman–Crippen LogP) is 1.78. The predicted molar refractivity (Wildman–Crippen MR) is 62.1 cm³/mol. The highest BCUT2D eigenvalue weighted by Gasteiger charge is 2.20. The molecule has 0 bridgehead atoms. The van der Waals surface area contributed by atoms with E-state index < -0.39 is 0 Å². The van der Waals surface area contributed by atoms with Gasteiger partial charge in [-0.25, -0.2) is 0 Å². The number of nitrogens with zero attached hydrogens (tertiary/aromatic N) is 2. The molecule has 1 rings (SSSR count). The van der Waals surface area contributed by atoms with Gasteiger partial charge in [0.1, 0.15) is 0 Å². The van der Waals surface area contributed by atoms with E-state index >= 15 is 0 Å². The third-order valence-electron chi connectivity index (χ3n) is 3.18.